The maximum absolute atomic E-state index is 12.4. The van der Waals surface area contributed by atoms with E-state index >= 15 is 0 Å². The molecule has 2 rings (SSSR count). The lowest BCUT2D eigenvalue weighted by Gasteiger charge is -2.13. The summed E-state index contributed by atoms with van der Waals surface area (Å²) in [4.78, 5) is 14.5. The molecule has 0 N–H and O–H groups in total. The van der Waals surface area contributed by atoms with Crippen LogP contribution in [0.1, 0.15) is 5.56 Å². The van der Waals surface area contributed by atoms with Crippen molar-refractivity contribution in [3.63, 3.8) is 0 Å². The highest BCUT2D eigenvalue weighted by Crippen LogP contribution is 2.38. The fraction of sp³-hybridized carbons (Fsp3) is 0.333. The van der Waals surface area contributed by atoms with Crippen LogP contribution in [-0.4, -0.2) is 49.6 Å². The van der Waals surface area contributed by atoms with Crippen molar-refractivity contribution in [2.45, 2.75) is 0 Å². The highest BCUT2D eigenvalue weighted by Gasteiger charge is 2.31. The largest absolute Gasteiger partial charge is 0.493 e. The third-order valence-electron chi connectivity index (χ3n) is 3.15. The first-order chi connectivity index (χ1) is 11.0. The molecule has 1 aromatic carbocycles. The summed E-state index contributed by atoms with van der Waals surface area (Å²) in [6, 6.07) is 3.67. The van der Waals surface area contributed by atoms with Gasteiger partial charge in [0.15, 0.2) is 11.5 Å². The van der Waals surface area contributed by atoms with Gasteiger partial charge < -0.3 is 14.2 Å². The van der Waals surface area contributed by atoms with Gasteiger partial charge in [-0.1, -0.05) is 24.0 Å². The molecule has 1 aromatic rings. The zero-order chi connectivity index (χ0) is 17.0. The van der Waals surface area contributed by atoms with Crippen LogP contribution in [0.2, 0.25) is 0 Å². The van der Waals surface area contributed by atoms with E-state index in [1.807, 2.05) is 12.1 Å². The molecule has 0 aromatic heterocycles. The van der Waals surface area contributed by atoms with E-state index in [9.17, 15) is 4.79 Å². The third kappa shape index (κ3) is 4.06. The molecule has 1 heterocycles. The first-order valence-electron chi connectivity index (χ1n) is 6.67. The lowest BCUT2D eigenvalue weighted by molar-refractivity contribution is -0.122. The van der Waals surface area contributed by atoms with E-state index in [0.29, 0.717) is 33.9 Å². The first kappa shape index (κ1) is 18.3. The molecule has 0 spiro atoms. The predicted molar refractivity (Wildman–Crippen MR) is 99.0 cm³/mol. The van der Waals surface area contributed by atoms with E-state index in [2.05, 4.69) is 15.9 Å². The third-order valence-corrected chi connectivity index (χ3v) is 5.11. The molecule has 5 nitrogen and oxygen atoms in total. The number of amides is 1. The van der Waals surface area contributed by atoms with Gasteiger partial charge >= 0.3 is 0 Å². The van der Waals surface area contributed by atoms with Gasteiger partial charge in [0.25, 0.3) is 5.91 Å². The topological polar surface area (TPSA) is 48.0 Å². The number of carbonyl (C=O) groups is 1. The van der Waals surface area contributed by atoms with Gasteiger partial charge in [-0.05, 0) is 39.7 Å². The number of halogens is 1. The quantitative estimate of drug-likeness (QED) is 0.522. The number of hydrogen-bond donors (Lipinski definition) is 0. The van der Waals surface area contributed by atoms with Crippen molar-refractivity contribution in [2.24, 2.45) is 0 Å². The number of methoxy groups -OCH3 is 3. The number of rotatable bonds is 6. The Labute approximate surface area is 153 Å². The molecule has 8 heteroatoms. The van der Waals surface area contributed by atoms with Gasteiger partial charge in [-0.2, -0.15) is 0 Å². The standard InChI is InChI=1S/C15H16BrNO4S2/c1-19-5-4-17-14(18)12(23-15(17)22)8-9-6-10(16)13(21-3)11(7-9)20-2/h6-8H,4-5H2,1-3H3/b12-8-. The molecule has 1 saturated heterocycles. The van der Waals surface area contributed by atoms with Crippen molar-refractivity contribution >= 4 is 56.2 Å². The van der Waals surface area contributed by atoms with Gasteiger partial charge in [-0.3, -0.25) is 9.69 Å². The number of benzene rings is 1. The van der Waals surface area contributed by atoms with Gasteiger partial charge in [-0.15, -0.1) is 0 Å². The summed E-state index contributed by atoms with van der Waals surface area (Å²) < 4.78 is 16.9. The van der Waals surface area contributed by atoms with E-state index in [0.717, 1.165) is 10.0 Å². The molecule has 0 atom stereocenters. The average molecular weight is 418 g/mol. The maximum Gasteiger partial charge on any atom is 0.266 e. The highest BCUT2D eigenvalue weighted by molar-refractivity contribution is 9.10. The van der Waals surface area contributed by atoms with Crippen LogP contribution >= 0.6 is 39.9 Å². The van der Waals surface area contributed by atoms with Crippen molar-refractivity contribution in [2.75, 3.05) is 34.5 Å². The molecular formula is C15H16BrNO4S2. The molecule has 0 unspecified atom stereocenters. The summed E-state index contributed by atoms with van der Waals surface area (Å²) in [6.45, 7) is 0.899. The van der Waals surface area contributed by atoms with Crippen molar-refractivity contribution in [3.8, 4) is 11.5 Å². The van der Waals surface area contributed by atoms with Gasteiger partial charge in [0.05, 0.1) is 36.7 Å². The number of nitrogens with zero attached hydrogens (tertiary/aromatic N) is 1. The van der Waals surface area contributed by atoms with Crippen LogP contribution in [0.15, 0.2) is 21.5 Å². The fourth-order valence-electron chi connectivity index (χ4n) is 2.05. The van der Waals surface area contributed by atoms with E-state index in [4.69, 9.17) is 26.4 Å². The summed E-state index contributed by atoms with van der Waals surface area (Å²) in [7, 11) is 4.73. The van der Waals surface area contributed by atoms with Gasteiger partial charge in [0.1, 0.15) is 4.32 Å². The Hall–Kier alpha value is -1.09. The molecule has 1 aliphatic rings. The normalized spacial score (nSPS) is 16.3. The van der Waals surface area contributed by atoms with Crippen molar-refractivity contribution in [1.29, 1.82) is 0 Å². The number of hydrogen-bond acceptors (Lipinski definition) is 6. The fourth-order valence-corrected chi connectivity index (χ4v) is 3.98. The Morgan fingerprint density at radius 2 is 2.04 bits per heavy atom. The van der Waals surface area contributed by atoms with E-state index in [1.54, 1.807) is 32.3 Å². The van der Waals surface area contributed by atoms with Gasteiger partial charge in [-0.25, -0.2) is 0 Å². The summed E-state index contributed by atoms with van der Waals surface area (Å²) in [5.41, 5.74) is 0.821. The molecular weight excluding hydrogens is 402 g/mol. The maximum atomic E-state index is 12.4. The number of carbonyl (C=O) groups excluding carboxylic acids is 1. The molecule has 0 aliphatic carbocycles. The minimum absolute atomic E-state index is 0.108. The molecule has 23 heavy (non-hydrogen) atoms. The van der Waals surface area contributed by atoms with Crippen molar-refractivity contribution in [1.82, 2.24) is 4.90 Å². The van der Waals surface area contributed by atoms with Gasteiger partial charge in [0, 0.05) is 7.11 Å². The molecule has 0 saturated carbocycles. The highest BCUT2D eigenvalue weighted by atomic mass is 79.9. The Morgan fingerprint density at radius 1 is 1.30 bits per heavy atom. The minimum Gasteiger partial charge on any atom is -0.493 e. The predicted octanol–water partition coefficient (Wildman–Crippen LogP) is 3.31. The lowest BCUT2D eigenvalue weighted by atomic mass is 10.2. The summed E-state index contributed by atoms with van der Waals surface area (Å²) in [5, 5.41) is 0. The number of ether oxygens (including phenoxy) is 3. The summed E-state index contributed by atoms with van der Waals surface area (Å²) >= 11 is 9.98. The second kappa shape index (κ2) is 8.14. The summed E-state index contributed by atoms with van der Waals surface area (Å²) in [5.74, 6) is 1.09. The van der Waals surface area contributed by atoms with Crippen LogP contribution in [0.25, 0.3) is 6.08 Å². The zero-order valence-corrected chi connectivity index (χ0v) is 16.1. The number of thiocarbonyl (C=S) groups is 1. The minimum atomic E-state index is -0.108. The number of thioether (sulfide) groups is 1. The van der Waals surface area contributed by atoms with E-state index in [1.165, 1.54) is 11.8 Å². The van der Waals surface area contributed by atoms with E-state index < -0.39 is 0 Å². The van der Waals surface area contributed by atoms with Crippen molar-refractivity contribution < 1.29 is 19.0 Å². The smallest absolute Gasteiger partial charge is 0.266 e. The van der Waals surface area contributed by atoms with Crippen LogP contribution in [-0.2, 0) is 9.53 Å². The molecule has 0 radical (unpaired) electrons. The summed E-state index contributed by atoms with van der Waals surface area (Å²) in [6.07, 6.45) is 1.79. The second-order valence-corrected chi connectivity index (χ2v) is 7.09. The SMILES string of the molecule is COCCN1C(=O)/C(=C/c2cc(Br)c(OC)c(OC)c2)SC1=S. The Kier molecular flexibility index (Phi) is 6.46. The van der Waals surface area contributed by atoms with E-state index in [-0.39, 0.29) is 5.91 Å². The van der Waals surface area contributed by atoms with Crippen LogP contribution < -0.4 is 9.47 Å². The lowest BCUT2D eigenvalue weighted by Crippen LogP contribution is -2.31. The molecule has 0 bridgehead atoms. The first-order valence-corrected chi connectivity index (χ1v) is 8.69. The van der Waals surface area contributed by atoms with Crippen LogP contribution in [0.3, 0.4) is 0 Å². The average Bonchev–Trinajstić information content (AvgIpc) is 2.78. The van der Waals surface area contributed by atoms with Crippen LogP contribution in [0.5, 0.6) is 11.5 Å². The molecule has 1 amide bonds. The zero-order valence-electron chi connectivity index (χ0n) is 12.9. The van der Waals surface area contributed by atoms with Crippen LogP contribution in [0, 0.1) is 0 Å². The second-order valence-electron chi connectivity index (χ2n) is 4.56. The Balaban J connectivity index is 2.30. The molecule has 124 valence electrons. The molecule has 1 aliphatic heterocycles. The van der Waals surface area contributed by atoms with Crippen molar-refractivity contribution in [3.05, 3.63) is 27.1 Å². The Morgan fingerprint density at radius 3 is 2.65 bits per heavy atom. The molecule has 1 fully saturated rings. The van der Waals surface area contributed by atoms with Crippen LogP contribution in [0.4, 0.5) is 0 Å². The van der Waals surface area contributed by atoms with Gasteiger partial charge in [0.2, 0.25) is 0 Å². The monoisotopic (exact) mass is 417 g/mol. The Bertz CT molecular complexity index is 663.